The highest BCUT2D eigenvalue weighted by Crippen LogP contribution is 2.24. The number of piperidine rings is 1. The summed E-state index contributed by atoms with van der Waals surface area (Å²) in [7, 11) is 0. The number of rotatable bonds is 3. The first-order valence-electron chi connectivity index (χ1n) is 8.66. The maximum atomic E-state index is 13.9. The molecule has 1 aromatic rings. The van der Waals surface area contributed by atoms with Crippen molar-refractivity contribution in [2.45, 2.75) is 44.4 Å². The van der Waals surface area contributed by atoms with E-state index in [1.807, 2.05) is 30.3 Å². The molecule has 0 radical (unpaired) electrons. The number of nitrogens with one attached hydrogen (secondary N) is 1. The minimum absolute atomic E-state index is 0.00906. The van der Waals surface area contributed by atoms with Crippen LogP contribution in [0.3, 0.4) is 0 Å². The van der Waals surface area contributed by atoms with E-state index in [4.69, 9.17) is 0 Å². The predicted octanol–water partition coefficient (Wildman–Crippen LogP) is 2.32. The summed E-state index contributed by atoms with van der Waals surface area (Å²) in [5, 5.41) is 2.80. The number of hydrogen-bond acceptors (Lipinski definition) is 2. The highest BCUT2D eigenvalue weighted by Gasteiger charge is 2.41. The van der Waals surface area contributed by atoms with Crippen molar-refractivity contribution in [3.8, 4) is 0 Å². The van der Waals surface area contributed by atoms with Gasteiger partial charge in [-0.25, -0.2) is 9.18 Å². The Balaban J connectivity index is 1.61. The highest BCUT2D eigenvalue weighted by molar-refractivity contribution is 5.88. The van der Waals surface area contributed by atoms with E-state index in [0.29, 0.717) is 19.6 Å². The molecule has 2 fully saturated rings. The monoisotopic (exact) mass is 333 g/mol. The molecule has 0 spiro atoms. The second-order valence-electron chi connectivity index (χ2n) is 6.53. The normalized spacial score (nSPS) is 24.0. The first-order valence-corrected chi connectivity index (χ1v) is 8.66. The first kappa shape index (κ1) is 16.7. The van der Waals surface area contributed by atoms with Gasteiger partial charge >= 0.3 is 6.03 Å². The van der Waals surface area contributed by atoms with Gasteiger partial charge in [0.25, 0.3) is 0 Å². The fourth-order valence-corrected chi connectivity index (χ4v) is 3.44. The van der Waals surface area contributed by atoms with Crippen molar-refractivity contribution in [1.29, 1.82) is 0 Å². The average Bonchev–Trinajstić information content (AvgIpc) is 3.02. The molecule has 3 amide bonds. The Labute approximate surface area is 141 Å². The Bertz CT molecular complexity index is 575. The minimum Gasteiger partial charge on any atom is -0.341 e. The molecule has 1 aromatic carbocycles. The second kappa shape index (κ2) is 7.64. The number of amides is 3. The summed E-state index contributed by atoms with van der Waals surface area (Å²) in [6.07, 6.45) is 2.07. The van der Waals surface area contributed by atoms with Crippen LogP contribution in [-0.2, 0) is 11.3 Å². The summed E-state index contributed by atoms with van der Waals surface area (Å²) in [4.78, 5) is 28.3. The molecular formula is C18H24FN3O2. The lowest BCUT2D eigenvalue weighted by Crippen LogP contribution is -2.51. The fraction of sp³-hybridized carbons (Fsp3) is 0.556. The van der Waals surface area contributed by atoms with Crippen molar-refractivity contribution in [3.63, 3.8) is 0 Å². The van der Waals surface area contributed by atoms with Gasteiger partial charge in [-0.15, -0.1) is 0 Å². The van der Waals surface area contributed by atoms with Crippen LogP contribution >= 0.6 is 0 Å². The van der Waals surface area contributed by atoms with Gasteiger partial charge in [-0.05, 0) is 24.8 Å². The molecule has 3 rings (SSSR count). The van der Waals surface area contributed by atoms with Gasteiger partial charge in [0, 0.05) is 26.1 Å². The van der Waals surface area contributed by atoms with Gasteiger partial charge in [0.1, 0.15) is 12.2 Å². The quantitative estimate of drug-likeness (QED) is 0.923. The number of carbonyl (C=O) groups is 2. The van der Waals surface area contributed by atoms with E-state index >= 15 is 0 Å². The third-order valence-electron chi connectivity index (χ3n) is 4.75. The molecule has 2 atom stereocenters. The molecule has 0 aliphatic carbocycles. The van der Waals surface area contributed by atoms with Gasteiger partial charge in [-0.2, -0.15) is 0 Å². The molecule has 0 saturated carbocycles. The second-order valence-corrected chi connectivity index (χ2v) is 6.53. The summed E-state index contributed by atoms with van der Waals surface area (Å²) in [6.45, 7) is 1.79. The van der Waals surface area contributed by atoms with E-state index in [9.17, 15) is 14.0 Å². The van der Waals surface area contributed by atoms with Crippen molar-refractivity contribution < 1.29 is 14.0 Å². The van der Waals surface area contributed by atoms with Crippen molar-refractivity contribution in [2.24, 2.45) is 0 Å². The van der Waals surface area contributed by atoms with Crippen molar-refractivity contribution in [1.82, 2.24) is 15.1 Å². The smallest absolute Gasteiger partial charge is 0.318 e. The number of carbonyl (C=O) groups excluding carboxylic acids is 2. The minimum atomic E-state index is -1.13. The molecule has 24 heavy (non-hydrogen) atoms. The summed E-state index contributed by atoms with van der Waals surface area (Å²) >= 11 is 0. The van der Waals surface area contributed by atoms with Gasteiger partial charge in [-0.1, -0.05) is 30.3 Å². The predicted molar refractivity (Wildman–Crippen MR) is 89.1 cm³/mol. The zero-order valence-corrected chi connectivity index (χ0v) is 13.8. The van der Waals surface area contributed by atoms with Crippen molar-refractivity contribution in [2.75, 3.05) is 19.6 Å². The van der Waals surface area contributed by atoms with Crippen molar-refractivity contribution >= 4 is 11.9 Å². The Morgan fingerprint density at radius 3 is 2.54 bits per heavy atom. The third-order valence-corrected chi connectivity index (χ3v) is 4.75. The van der Waals surface area contributed by atoms with Crippen LogP contribution in [0.1, 0.15) is 31.2 Å². The molecule has 5 nitrogen and oxygen atoms in total. The summed E-state index contributed by atoms with van der Waals surface area (Å²) in [6, 6.07) is 8.50. The number of urea groups is 1. The van der Waals surface area contributed by atoms with E-state index in [1.54, 1.807) is 4.90 Å². The van der Waals surface area contributed by atoms with Crippen LogP contribution in [0.2, 0.25) is 0 Å². The number of benzene rings is 1. The van der Waals surface area contributed by atoms with Crippen molar-refractivity contribution in [3.05, 3.63) is 35.9 Å². The van der Waals surface area contributed by atoms with Crippen LogP contribution in [0.5, 0.6) is 0 Å². The van der Waals surface area contributed by atoms with Crippen LogP contribution in [0.25, 0.3) is 0 Å². The van der Waals surface area contributed by atoms with Gasteiger partial charge < -0.3 is 15.1 Å². The van der Waals surface area contributed by atoms with Gasteiger partial charge in [0.2, 0.25) is 5.91 Å². The van der Waals surface area contributed by atoms with E-state index in [1.165, 1.54) is 4.90 Å². The van der Waals surface area contributed by atoms with Crippen LogP contribution in [0, 0.1) is 0 Å². The molecule has 2 heterocycles. The number of hydrogen-bond donors (Lipinski definition) is 1. The molecular weight excluding hydrogens is 309 g/mol. The largest absolute Gasteiger partial charge is 0.341 e. The lowest BCUT2D eigenvalue weighted by molar-refractivity contribution is -0.136. The Kier molecular flexibility index (Phi) is 5.33. The number of halogens is 1. The molecule has 6 heteroatoms. The summed E-state index contributed by atoms with van der Waals surface area (Å²) in [5.74, 6) is -0.107. The molecule has 2 aliphatic heterocycles. The number of alkyl halides is 1. The maximum absolute atomic E-state index is 13.9. The molecule has 130 valence electrons. The fourth-order valence-electron chi connectivity index (χ4n) is 3.44. The molecule has 0 bridgehead atoms. The third kappa shape index (κ3) is 3.86. The Morgan fingerprint density at radius 1 is 1.12 bits per heavy atom. The number of nitrogens with zero attached hydrogens (tertiary/aromatic N) is 2. The standard InChI is InChI=1S/C18H24FN3O2/c19-15-11-16(17(23)21-9-5-2-6-10-21)22(13-15)18(24)20-12-14-7-3-1-4-8-14/h1,3-4,7-8,15-16H,2,5-6,9-13H2,(H,20,24)/t15-,16-/m0/s1. The highest BCUT2D eigenvalue weighted by atomic mass is 19.1. The lowest BCUT2D eigenvalue weighted by Gasteiger charge is -2.32. The topological polar surface area (TPSA) is 52.7 Å². The van der Waals surface area contributed by atoms with E-state index in [0.717, 1.165) is 24.8 Å². The first-order chi connectivity index (χ1) is 11.6. The van der Waals surface area contributed by atoms with Gasteiger partial charge in [0.05, 0.1) is 6.54 Å². The van der Waals surface area contributed by atoms with Crippen LogP contribution in [0.4, 0.5) is 9.18 Å². The SMILES string of the molecule is O=C([C@@H]1C[C@H](F)CN1C(=O)NCc1ccccc1)N1CCCCC1. The lowest BCUT2D eigenvalue weighted by atomic mass is 10.1. The summed E-state index contributed by atoms with van der Waals surface area (Å²) in [5.41, 5.74) is 0.973. The summed E-state index contributed by atoms with van der Waals surface area (Å²) < 4.78 is 13.9. The average molecular weight is 333 g/mol. The zero-order chi connectivity index (χ0) is 16.9. The van der Waals surface area contributed by atoms with Gasteiger partial charge in [0.15, 0.2) is 0 Å². The van der Waals surface area contributed by atoms with Crippen LogP contribution in [-0.4, -0.2) is 53.6 Å². The van der Waals surface area contributed by atoms with Gasteiger partial charge in [-0.3, -0.25) is 4.79 Å². The zero-order valence-electron chi connectivity index (χ0n) is 13.8. The Morgan fingerprint density at radius 2 is 1.83 bits per heavy atom. The Hall–Kier alpha value is -2.11. The molecule has 2 saturated heterocycles. The van der Waals surface area contributed by atoms with Crippen LogP contribution in [0.15, 0.2) is 30.3 Å². The van der Waals surface area contributed by atoms with E-state index < -0.39 is 12.2 Å². The van der Waals surface area contributed by atoms with E-state index in [2.05, 4.69) is 5.32 Å². The molecule has 0 unspecified atom stereocenters. The molecule has 2 aliphatic rings. The molecule has 1 N–H and O–H groups in total. The number of likely N-dealkylation sites (tertiary alicyclic amines) is 2. The van der Waals surface area contributed by atoms with Crippen LogP contribution < -0.4 is 5.32 Å². The van der Waals surface area contributed by atoms with E-state index in [-0.39, 0.29) is 24.9 Å². The maximum Gasteiger partial charge on any atom is 0.318 e. The molecule has 0 aromatic heterocycles.